The van der Waals surface area contributed by atoms with Crippen molar-refractivity contribution >= 4 is 10.0 Å². The molecule has 0 heterocycles. The van der Waals surface area contributed by atoms with Gasteiger partial charge in [-0.2, -0.15) is 0 Å². The molecule has 4 N–H and O–H groups in total. The Morgan fingerprint density at radius 3 is 2.56 bits per heavy atom. The average Bonchev–Trinajstić information content (AvgIpc) is 2.66. The van der Waals surface area contributed by atoms with Gasteiger partial charge in [-0.05, 0) is 37.5 Å². The van der Waals surface area contributed by atoms with E-state index in [1.807, 2.05) is 0 Å². The second-order valence-electron chi connectivity index (χ2n) is 4.39. The van der Waals surface area contributed by atoms with Gasteiger partial charge in [-0.15, -0.1) is 0 Å². The van der Waals surface area contributed by atoms with Crippen molar-refractivity contribution < 1.29 is 17.5 Å². The van der Waals surface area contributed by atoms with Crippen LogP contribution in [-0.2, 0) is 10.0 Å². The van der Waals surface area contributed by atoms with E-state index >= 15 is 0 Å². The van der Waals surface area contributed by atoms with Crippen LogP contribution in [-0.4, -0.2) is 20.6 Å². The standard InChI is InChI=1S/C11H15FN2O3S/c12-8-6-7(18(14,15)16)4-5-10(8)17-11-3-1-2-9(11)13/h4-6,9,11H,1-3,13H2,(H2,14,15,16). The Hall–Kier alpha value is -1.18. The summed E-state index contributed by atoms with van der Waals surface area (Å²) in [6.07, 6.45) is 2.35. The van der Waals surface area contributed by atoms with Crippen molar-refractivity contribution in [3.8, 4) is 5.75 Å². The lowest BCUT2D eigenvalue weighted by atomic mass is 10.2. The van der Waals surface area contributed by atoms with Crippen LogP contribution in [0.5, 0.6) is 5.75 Å². The van der Waals surface area contributed by atoms with E-state index in [-0.39, 0.29) is 22.8 Å². The van der Waals surface area contributed by atoms with Crippen molar-refractivity contribution in [3.63, 3.8) is 0 Å². The molecule has 0 amide bonds. The summed E-state index contributed by atoms with van der Waals surface area (Å²) in [6.45, 7) is 0. The first-order valence-corrected chi connectivity index (χ1v) is 7.17. The molecule has 5 nitrogen and oxygen atoms in total. The Morgan fingerprint density at radius 2 is 2.06 bits per heavy atom. The van der Waals surface area contributed by atoms with Gasteiger partial charge in [0, 0.05) is 6.04 Å². The maximum absolute atomic E-state index is 13.7. The molecule has 2 unspecified atom stereocenters. The summed E-state index contributed by atoms with van der Waals surface area (Å²) in [5, 5.41) is 4.91. The van der Waals surface area contributed by atoms with E-state index in [9.17, 15) is 12.8 Å². The molecule has 0 aliphatic heterocycles. The van der Waals surface area contributed by atoms with Crippen molar-refractivity contribution in [3.05, 3.63) is 24.0 Å². The van der Waals surface area contributed by atoms with Crippen LogP contribution >= 0.6 is 0 Å². The first-order valence-electron chi connectivity index (χ1n) is 5.62. The SMILES string of the molecule is NC1CCCC1Oc1ccc(S(N)(=O)=O)cc1F. The minimum Gasteiger partial charge on any atom is -0.486 e. The zero-order valence-corrected chi connectivity index (χ0v) is 10.5. The van der Waals surface area contributed by atoms with Gasteiger partial charge in [-0.1, -0.05) is 0 Å². The second kappa shape index (κ2) is 4.83. The monoisotopic (exact) mass is 274 g/mol. The van der Waals surface area contributed by atoms with E-state index in [0.717, 1.165) is 25.3 Å². The van der Waals surface area contributed by atoms with Gasteiger partial charge in [0.25, 0.3) is 0 Å². The number of hydrogen-bond donors (Lipinski definition) is 2. The number of sulfonamides is 1. The van der Waals surface area contributed by atoms with E-state index in [0.29, 0.717) is 0 Å². The summed E-state index contributed by atoms with van der Waals surface area (Å²) in [6, 6.07) is 3.22. The maximum Gasteiger partial charge on any atom is 0.238 e. The fraction of sp³-hybridized carbons (Fsp3) is 0.455. The van der Waals surface area contributed by atoms with Gasteiger partial charge < -0.3 is 10.5 Å². The van der Waals surface area contributed by atoms with Crippen LogP contribution in [0.25, 0.3) is 0 Å². The molecule has 100 valence electrons. The molecule has 2 rings (SSSR count). The summed E-state index contributed by atoms with van der Waals surface area (Å²) in [4.78, 5) is -0.275. The van der Waals surface area contributed by atoms with Crippen LogP contribution in [0.15, 0.2) is 23.1 Å². The van der Waals surface area contributed by atoms with E-state index in [1.165, 1.54) is 12.1 Å². The molecular formula is C11H15FN2O3S. The van der Waals surface area contributed by atoms with Gasteiger partial charge in [-0.3, -0.25) is 0 Å². The second-order valence-corrected chi connectivity index (χ2v) is 5.95. The highest BCUT2D eigenvalue weighted by Gasteiger charge is 2.26. The molecule has 0 bridgehead atoms. The highest BCUT2D eigenvalue weighted by Crippen LogP contribution is 2.26. The van der Waals surface area contributed by atoms with E-state index in [4.69, 9.17) is 15.6 Å². The third-order valence-corrected chi connectivity index (χ3v) is 3.92. The quantitative estimate of drug-likeness (QED) is 0.849. The van der Waals surface area contributed by atoms with Gasteiger partial charge in [0.15, 0.2) is 11.6 Å². The predicted molar refractivity (Wildman–Crippen MR) is 64.0 cm³/mol. The summed E-state index contributed by atoms with van der Waals surface area (Å²) < 4.78 is 41.2. The molecule has 0 radical (unpaired) electrons. The number of rotatable bonds is 3. The Labute approximate surface area is 105 Å². The van der Waals surface area contributed by atoms with E-state index in [1.54, 1.807) is 0 Å². The lowest BCUT2D eigenvalue weighted by Gasteiger charge is -2.18. The molecule has 1 fully saturated rings. The lowest BCUT2D eigenvalue weighted by molar-refractivity contribution is 0.183. The Bertz CT molecular complexity index is 547. The largest absolute Gasteiger partial charge is 0.486 e. The fourth-order valence-corrected chi connectivity index (χ4v) is 2.54. The summed E-state index contributed by atoms with van der Waals surface area (Å²) in [7, 11) is -3.90. The van der Waals surface area contributed by atoms with E-state index in [2.05, 4.69) is 0 Å². The number of hydrogen-bond acceptors (Lipinski definition) is 4. The number of nitrogens with two attached hydrogens (primary N) is 2. The number of halogens is 1. The molecule has 1 aromatic carbocycles. The Morgan fingerprint density at radius 1 is 1.33 bits per heavy atom. The third-order valence-electron chi connectivity index (χ3n) is 3.01. The van der Waals surface area contributed by atoms with Crippen molar-refractivity contribution in [2.45, 2.75) is 36.3 Å². The molecule has 2 atom stereocenters. The molecule has 0 aromatic heterocycles. The van der Waals surface area contributed by atoms with Crippen LogP contribution in [0.1, 0.15) is 19.3 Å². The smallest absolute Gasteiger partial charge is 0.238 e. The summed E-state index contributed by atoms with van der Waals surface area (Å²) in [5.41, 5.74) is 5.81. The van der Waals surface area contributed by atoms with E-state index < -0.39 is 15.8 Å². The van der Waals surface area contributed by atoms with Gasteiger partial charge in [0.1, 0.15) is 6.10 Å². The number of primary sulfonamides is 1. The van der Waals surface area contributed by atoms with Gasteiger partial charge in [0.05, 0.1) is 4.90 Å². The zero-order valence-electron chi connectivity index (χ0n) is 9.67. The molecule has 1 aliphatic carbocycles. The van der Waals surface area contributed by atoms with Crippen LogP contribution < -0.4 is 15.6 Å². The first-order chi connectivity index (χ1) is 8.38. The molecule has 1 aromatic rings. The molecular weight excluding hydrogens is 259 g/mol. The maximum atomic E-state index is 13.7. The van der Waals surface area contributed by atoms with Crippen molar-refractivity contribution in [2.24, 2.45) is 10.9 Å². The van der Waals surface area contributed by atoms with Crippen LogP contribution in [0.2, 0.25) is 0 Å². The number of ether oxygens (including phenoxy) is 1. The highest BCUT2D eigenvalue weighted by molar-refractivity contribution is 7.89. The van der Waals surface area contributed by atoms with Gasteiger partial charge in [0.2, 0.25) is 10.0 Å². The minimum atomic E-state index is -3.90. The van der Waals surface area contributed by atoms with Crippen molar-refractivity contribution in [1.29, 1.82) is 0 Å². The molecule has 0 saturated heterocycles. The molecule has 0 spiro atoms. The fourth-order valence-electron chi connectivity index (χ4n) is 2.02. The van der Waals surface area contributed by atoms with Crippen LogP contribution in [0, 0.1) is 5.82 Å². The average molecular weight is 274 g/mol. The molecule has 18 heavy (non-hydrogen) atoms. The zero-order chi connectivity index (χ0) is 13.3. The predicted octanol–water partition coefficient (Wildman–Crippen LogP) is 0.732. The van der Waals surface area contributed by atoms with Crippen molar-refractivity contribution in [2.75, 3.05) is 0 Å². The molecule has 7 heteroatoms. The Balaban J connectivity index is 2.20. The van der Waals surface area contributed by atoms with Gasteiger partial charge in [-0.25, -0.2) is 17.9 Å². The summed E-state index contributed by atoms with van der Waals surface area (Å²) >= 11 is 0. The molecule has 1 saturated carbocycles. The van der Waals surface area contributed by atoms with Crippen molar-refractivity contribution in [1.82, 2.24) is 0 Å². The van der Waals surface area contributed by atoms with Crippen LogP contribution in [0.3, 0.4) is 0 Å². The normalized spacial score (nSPS) is 24.2. The van der Waals surface area contributed by atoms with Crippen LogP contribution in [0.4, 0.5) is 4.39 Å². The Kier molecular flexibility index (Phi) is 3.56. The summed E-state index contributed by atoms with van der Waals surface area (Å²) in [5.74, 6) is -0.745. The molecule has 1 aliphatic rings. The van der Waals surface area contributed by atoms with Gasteiger partial charge >= 0.3 is 0 Å². The highest BCUT2D eigenvalue weighted by atomic mass is 32.2. The first kappa shape index (κ1) is 13.3. The minimum absolute atomic E-state index is 0.00440. The number of benzene rings is 1. The third kappa shape index (κ3) is 2.80. The lowest BCUT2D eigenvalue weighted by Crippen LogP contribution is -2.33. The topological polar surface area (TPSA) is 95.4 Å².